The van der Waals surface area contributed by atoms with Gasteiger partial charge in [0, 0.05) is 25.5 Å². The van der Waals surface area contributed by atoms with Gasteiger partial charge >= 0.3 is 0 Å². The summed E-state index contributed by atoms with van der Waals surface area (Å²) in [5.74, 6) is -0.751. The van der Waals surface area contributed by atoms with Crippen molar-refractivity contribution in [3.8, 4) is 6.07 Å². The van der Waals surface area contributed by atoms with Crippen LogP contribution in [0, 0.1) is 17.2 Å². The second-order valence-corrected chi connectivity index (χ2v) is 3.65. The van der Waals surface area contributed by atoms with Gasteiger partial charge < -0.3 is 9.88 Å². The SMILES string of the molecule is CC(C#N)C(=O)NCCCCn1ccnc1. The lowest BCUT2D eigenvalue weighted by Crippen LogP contribution is -2.29. The highest BCUT2D eigenvalue weighted by Crippen LogP contribution is 1.95. The minimum Gasteiger partial charge on any atom is -0.355 e. The third kappa shape index (κ3) is 4.13. The average molecular weight is 220 g/mol. The summed E-state index contributed by atoms with van der Waals surface area (Å²) in [6.07, 6.45) is 7.32. The zero-order valence-electron chi connectivity index (χ0n) is 9.39. The summed E-state index contributed by atoms with van der Waals surface area (Å²) in [5, 5.41) is 11.2. The van der Waals surface area contributed by atoms with Crippen LogP contribution in [0.1, 0.15) is 19.8 Å². The minimum absolute atomic E-state index is 0.190. The summed E-state index contributed by atoms with van der Waals surface area (Å²) in [4.78, 5) is 15.2. The molecule has 1 unspecified atom stereocenters. The van der Waals surface area contributed by atoms with E-state index in [9.17, 15) is 4.79 Å². The predicted octanol–water partition coefficient (Wildman–Crippen LogP) is 0.939. The molecule has 16 heavy (non-hydrogen) atoms. The Kier molecular flexibility index (Phi) is 5.06. The van der Waals surface area contributed by atoms with Crippen molar-refractivity contribution >= 4 is 5.91 Å². The van der Waals surface area contributed by atoms with E-state index in [0.717, 1.165) is 19.4 Å². The lowest BCUT2D eigenvalue weighted by molar-refractivity contribution is -0.122. The number of hydrogen-bond donors (Lipinski definition) is 1. The highest BCUT2D eigenvalue weighted by molar-refractivity contribution is 5.80. The Morgan fingerprint density at radius 2 is 2.44 bits per heavy atom. The molecule has 86 valence electrons. The number of nitriles is 1. The van der Waals surface area contributed by atoms with Gasteiger partial charge in [-0.2, -0.15) is 5.26 Å². The number of imidazole rings is 1. The number of nitrogens with zero attached hydrogens (tertiary/aromatic N) is 3. The van der Waals surface area contributed by atoms with E-state index in [-0.39, 0.29) is 5.91 Å². The second-order valence-electron chi connectivity index (χ2n) is 3.65. The summed E-state index contributed by atoms with van der Waals surface area (Å²) in [5.41, 5.74) is 0. The van der Waals surface area contributed by atoms with Gasteiger partial charge in [-0.3, -0.25) is 4.79 Å². The highest BCUT2D eigenvalue weighted by Gasteiger charge is 2.09. The summed E-state index contributed by atoms with van der Waals surface area (Å²) in [6, 6.07) is 1.90. The normalized spacial score (nSPS) is 11.8. The van der Waals surface area contributed by atoms with Crippen molar-refractivity contribution in [3.63, 3.8) is 0 Å². The third-order valence-electron chi connectivity index (χ3n) is 2.29. The number of nitrogens with one attached hydrogen (secondary N) is 1. The van der Waals surface area contributed by atoms with Crippen LogP contribution in [0.25, 0.3) is 0 Å². The summed E-state index contributed by atoms with van der Waals surface area (Å²) in [6.45, 7) is 3.13. The van der Waals surface area contributed by atoms with Crippen LogP contribution in [0.5, 0.6) is 0 Å². The lowest BCUT2D eigenvalue weighted by atomic mass is 10.2. The molecule has 0 aliphatic rings. The fraction of sp³-hybridized carbons (Fsp3) is 0.545. The van der Waals surface area contributed by atoms with E-state index in [4.69, 9.17) is 5.26 Å². The molecule has 1 aromatic rings. The van der Waals surface area contributed by atoms with E-state index in [2.05, 4.69) is 10.3 Å². The molecule has 5 nitrogen and oxygen atoms in total. The molecule has 0 aromatic carbocycles. The van der Waals surface area contributed by atoms with Gasteiger partial charge in [0.25, 0.3) is 0 Å². The summed E-state index contributed by atoms with van der Waals surface area (Å²) >= 11 is 0. The molecule has 5 heteroatoms. The van der Waals surface area contributed by atoms with Gasteiger partial charge in [0.1, 0.15) is 5.92 Å². The van der Waals surface area contributed by atoms with E-state index in [0.29, 0.717) is 6.54 Å². The first-order valence-corrected chi connectivity index (χ1v) is 5.37. The smallest absolute Gasteiger partial charge is 0.237 e. The van der Waals surface area contributed by atoms with Crippen LogP contribution < -0.4 is 5.32 Å². The maximum Gasteiger partial charge on any atom is 0.237 e. The largest absolute Gasteiger partial charge is 0.355 e. The topological polar surface area (TPSA) is 70.7 Å². The van der Waals surface area contributed by atoms with Crippen LogP contribution in [0.15, 0.2) is 18.7 Å². The molecule has 0 fully saturated rings. The van der Waals surface area contributed by atoms with Gasteiger partial charge in [0.15, 0.2) is 0 Å². The van der Waals surface area contributed by atoms with Gasteiger partial charge in [0.05, 0.1) is 12.4 Å². The van der Waals surface area contributed by atoms with Crippen LogP contribution in [-0.2, 0) is 11.3 Å². The molecule has 0 aliphatic heterocycles. The average Bonchev–Trinajstić information content (AvgIpc) is 2.80. The number of aryl methyl sites for hydroxylation is 1. The number of carbonyl (C=O) groups is 1. The Bertz CT molecular complexity index is 353. The fourth-order valence-corrected chi connectivity index (χ4v) is 1.26. The molecule has 0 saturated carbocycles. The zero-order chi connectivity index (χ0) is 11.8. The van der Waals surface area contributed by atoms with Crippen molar-refractivity contribution in [3.05, 3.63) is 18.7 Å². The molecular weight excluding hydrogens is 204 g/mol. The molecule has 1 N–H and O–H groups in total. The zero-order valence-corrected chi connectivity index (χ0v) is 9.39. The minimum atomic E-state index is -0.561. The van der Waals surface area contributed by atoms with Crippen molar-refractivity contribution in [2.45, 2.75) is 26.3 Å². The Morgan fingerprint density at radius 1 is 1.62 bits per heavy atom. The summed E-state index contributed by atoms with van der Waals surface area (Å²) in [7, 11) is 0. The number of hydrogen-bond acceptors (Lipinski definition) is 3. The fourth-order valence-electron chi connectivity index (χ4n) is 1.26. The Balaban J connectivity index is 2.04. The quantitative estimate of drug-likeness (QED) is 0.725. The van der Waals surface area contributed by atoms with E-state index < -0.39 is 5.92 Å². The van der Waals surface area contributed by atoms with Crippen LogP contribution >= 0.6 is 0 Å². The Labute approximate surface area is 95.1 Å². The van der Waals surface area contributed by atoms with E-state index in [1.165, 1.54) is 0 Å². The van der Waals surface area contributed by atoms with Crippen molar-refractivity contribution < 1.29 is 4.79 Å². The molecule has 1 rings (SSSR count). The second kappa shape index (κ2) is 6.62. The monoisotopic (exact) mass is 220 g/mol. The van der Waals surface area contributed by atoms with Crippen molar-refractivity contribution in [1.82, 2.24) is 14.9 Å². The van der Waals surface area contributed by atoms with E-state index in [1.807, 2.05) is 16.8 Å². The van der Waals surface area contributed by atoms with Gasteiger partial charge in [0.2, 0.25) is 5.91 Å². The van der Waals surface area contributed by atoms with Crippen molar-refractivity contribution in [2.24, 2.45) is 5.92 Å². The molecular formula is C11H16N4O. The molecule has 1 heterocycles. The van der Waals surface area contributed by atoms with E-state index >= 15 is 0 Å². The molecule has 1 amide bonds. The molecule has 0 bridgehead atoms. The van der Waals surface area contributed by atoms with Gasteiger partial charge in [-0.1, -0.05) is 0 Å². The highest BCUT2D eigenvalue weighted by atomic mass is 16.1. The maximum absolute atomic E-state index is 11.2. The lowest BCUT2D eigenvalue weighted by Gasteiger charge is -2.06. The molecule has 1 atom stereocenters. The number of unbranched alkanes of at least 4 members (excludes halogenated alkanes) is 1. The van der Waals surface area contributed by atoms with Crippen LogP contribution in [0.2, 0.25) is 0 Å². The number of rotatable bonds is 6. The standard InChI is InChI=1S/C11H16N4O/c1-10(8-12)11(16)14-4-2-3-6-15-7-5-13-9-15/h5,7,9-10H,2-4,6H2,1H3,(H,14,16). The third-order valence-corrected chi connectivity index (χ3v) is 2.29. The Morgan fingerprint density at radius 3 is 3.06 bits per heavy atom. The molecule has 0 spiro atoms. The van der Waals surface area contributed by atoms with E-state index in [1.54, 1.807) is 19.4 Å². The first-order valence-electron chi connectivity index (χ1n) is 5.37. The van der Waals surface area contributed by atoms with Gasteiger partial charge in [-0.15, -0.1) is 0 Å². The van der Waals surface area contributed by atoms with Gasteiger partial charge in [-0.25, -0.2) is 4.98 Å². The first-order chi connectivity index (χ1) is 7.74. The molecule has 0 saturated heterocycles. The number of amides is 1. The van der Waals surface area contributed by atoms with Crippen LogP contribution in [0.4, 0.5) is 0 Å². The maximum atomic E-state index is 11.2. The predicted molar refractivity (Wildman–Crippen MR) is 59.2 cm³/mol. The number of carbonyl (C=O) groups excluding carboxylic acids is 1. The van der Waals surface area contributed by atoms with Crippen molar-refractivity contribution in [2.75, 3.05) is 6.54 Å². The molecule has 0 aliphatic carbocycles. The Hall–Kier alpha value is -1.83. The summed E-state index contributed by atoms with van der Waals surface area (Å²) < 4.78 is 2.00. The van der Waals surface area contributed by atoms with Gasteiger partial charge in [-0.05, 0) is 19.8 Å². The molecule has 1 aromatic heterocycles. The van der Waals surface area contributed by atoms with Crippen LogP contribution in [0.3, 0.4) is 0 Å². The molecule has 0 radical (unpaired) electrons. The number of aromatic nitrogens is 2. The van der Waals surface area contributed by atoms with Crippen molar-refractivity contribution in [1.29, 1.82) is 5.26 Å². The first kappa shape index (κ1) is 12.2. The van der Waals surface area contributed by atoms with Crippen LogP contribution in [-0.4, -0.2) is 22.0 Å².